The van der Waals surface area contributed by atoms with Crippen LogP contribution in [0.2, 0.25) is 0 Å². The predicted octanol–water partition coefficient (Wildman–Crippen LogP) is 3.01. The topological polar surface area (TPSA) is 62.4 Å². The highest BCUT2D eigenvalue weighted by Crippen LogP contribution is 2.82. The van der Waals surface area contributed by atoms with Crippen LogP contribution in [0.3, 0.4) is 0 Å². The fourth-order valence-electron chi connectivity index (χ4n) is 5.26. The highest BCUT2D eigenvalue weighted by molar-refractivity contribution is 5.76. The van der Waals surface area contributed by atoms with Gasteiger partial charge in [-0.2, -0.15) is 0 Å². The molecule has 0 aromatic rings. The van der Waals surface area contributed by atoms with Gasteiger partial charge in [0, 0.05) is 12.3 Å². The van der Waals surface area contributed by atoms with Gasteiger partial charge in [-0.15, -0.1) is 0 Å². The Balaban J connectivity index is 1.75. The van der Waals surface area contributed by atoms with Gasteiger partial charge in [-0.3, -0.25) is 4.79 Å². The first-order chi connectivity index (χ1) is 9.37. The molecule has 5 atom stereocenters. The molecule has 0 aromatic heterocycles. The van der Waals surface area contributed by atoms with Crippen LogP contribution in [0.25, 0.3) is 0 Å². The number of hydrogen-bond donors (Lipinski definition) is 1. The molecule has 4 rings (SSSR count). The van der Waals surface area contributed by atoms with Crippen LogP contribution in [-0.2, 0) is 14.3 Å². The minimum atomic E-state index is -0.729. The molecule has 2 aliphatic heterocycles. The Morgan fingerprint density at radius 1 is 1.20 bits per heavy atom. The van der Waals surface area contributed by atoms with Crippen LogP contribution < -0.4 is 0 Å². The summed E-state index contributed by atoms with van der Waals surface area (Å²) in [6.07, 6.45) is 5.52. The van der Waals surface area contributed by atoms with Gasteiger partial charge in [0.25, 0.3) is 0 Å². The maximum Gasteiger partial charge on any atom is 0.310 e. The largest absolute Gasteiger partial charge is 0.481 e. The highest BCUT2D eigenvalue weighted by Gasteiger charge is 2.98. The first-order valence-electron chi connectivity index (χ1n) is 8.01. The molecule has 4 fully saturated rings. The van der Waals surface area contributed by atoms with Crippen LogP contribution in [-0.4, -0.2) is 22.7 Å². The molecule has 4 nitrogen and oxygen atoms in total. The van der Waals surface area contributed by atoms with E-state index in [9.17, 15) is 9.90 Å². The van der Waals surface area contributed by atoms with Crippen molar-refractivity contribution in [3.8, 4) is 0 Å². The first kappa shape index (κ1) is 13.1. The van der Waals surface area contributed by atoms with Crippen LogP contribution in [0.15, 0.2) is 0 Å². The Bertz CT molecular complexity index is 467. The Labute approximate surface area is 119 Å². The molecule has 5 unspecified atom stereocenters. The summed E-state index contributed by atoms with van der Waals surface area (Å²) in [4.78, 5) is 12.1. The fraction of sp³-hybridized carbons (Fsp3) is 0.938. The molecule has 2 saturated carbocycles. The summed E-state index contributed by atoms with van der Waals surface area (Å²) in [7, 11) is 0. The molecule has 2 heterocycles. The lowest BCUT2D eigenvalue weighted by Gasteiger charge is -2.46. The minimum absolute atomic E-state index is 0.00606. The van der Waals surface area contributed by atoms with Gasteiger partial charge in [-0.05, 0) is 31.1 Å². The van der Waals surface area contributed by atoms with Gasteiger partial charge in [-0.25, -0.2) is 0 Å². The standard InChI is InChI=1S/C16H24O4/c1-9-6-4-5-7-11(9)12-14(3,13(17)18)10(2)8-15-16(12,19-15)20-15/h9-12H,4-8H2,1-3H3,(H,17,18). The Morgan fingerprint density at radius 2 is 1.85 bits per heavy atom. The zero-order chi connectivity index (χ0) is 14.3. The van der Waals surface area contributed by atoms with Gasteiger partial charge in [0.1, 0.15) is 0 Å². The third-order valence-corrected chi connectivity index (χ3v) is 6.80. The van der Waals surface area contributed by atoms with E-state index in [1.807, 2.05) is 6.92 Å². The number of epoxide rings is 2. The molecule has 2 aliphatic carbocycles. The van der Waals surface area contributed by atoms with Crippen molar-refractivity contribution < 1.29 is 19.4 Å². The molecule has 0 bridgehead atoms. The number of carboxylic acid groups (broad SMARTS) is 1. The molecule has 0 radical (unpaired) electrons. The van der Waals surface area contributed by atoms with Crippen LogP contribution in [0, 0.1) is 29.1 Å². The van der Waals surface area contributed by atoms with Gasteiger partial charge in [0.05, 0.1) is 5.41 Å². The van der Waals surface area contributed by atoms with Crippen molar-refractivity contribution in [2.45, 2.75) is 64.4 Å². The molecule has 0 spiro atoms. The van der Waals surface area contributed by atoms with Crippen LogP contribution in [0.4, 0.5) is 0 Å². The summed E-state index contributed by atoms with van der Waals surface area (Å²) in [5, 5.41) is 9.91. The van der Waals surface area contributed by atoms with Crippen LogP contribution in [0.5, 0.6) is 0 Å². The van der Waals surface area contributed by atoms with E-state index in [0.29, 0.717) is 11.8 Å². The van der Waals surface area contributed by atoms with Crippen molar-refractivity contribution in [2.75, 3.05) is 0 Å². The van der Waals surface area contributed by atoms with Crippen LogP contribution >= 0.6 is 0 Å². The van der Waals surface area contributed by atoms with Gasteiger partial charge < -0.3 is 14.6 Å². The predicted molar refractivity (Wildman–Crippen MR) is 71.8 cm³/mol. The van der Waals surface area contributed by atoms with E-state index in [2.05, 4.69) is 13.8 Å². The van der Waals surface area contributed by atoms with Crippen molar-refractivity contribution in [3.63, 3.8) is 0 Å². The number of aliphatic carboxylic acids is 1. The van der Waals surface area contributed by atoms with Crippen molar-refractivity contribution in [2.24, 2.45) is 29.1 Å². The normalized spacial score (nSPS) is 60.4. The average Bonchev–Trinajstić information content (AvgIpc) is 3.17. The summed E-state index contributed by atoms with van der Waals surface area (Å²) >= 11 is 0. The van der Waals surface area contributed by atoms with Gasteiger partial charge in [-0.1, -0.05) is 33.1 Å². The van der Waals surface area contributed by atoms with Crippen molar-refractivity contribution >= 4 is 5.97 Å². The van der Waals surface area contributed by atoms with E-state index in [1.165, 1.54) is 19.3 Å². The summed E-state index contributed by atoms with van der Waals surface area (Å²) in [5.41, 5.74) is -0.729. The molecule has 1 N–H and O–H groups in total. The second-order valence-corrected chi connectivity index (χ2v) is 7.72. The Kier molecular flexibility index (Phi) is 2.34. The maximum absolute atomic E-state index is 12.1. The molecule has 4 heteroatoms. The Morgan fingerprint density at radius 3 is 2.45 bits per heavy atom. The van der Waals surface area contributed by atoms with Crippen molar-refractivity contribution in [1.82, 2.24) is 0 Å². The second kappa shape index (κ2) is 3.58. The van der Waals surface area contributed by atoms with Crippen LogP contribution in [0.1, 0.15) is 52.9 Å². The molecule has 2 saturated heterocycles. The third-order valence-electron chi connectivity index (χ3n) is 6.80. The maximum atomic E-state index is 12.1. The molecule has 0 amide bonds. The van der Waals surface area contributed by atoms with Gasteiger partial charge in [0.15, 0.2) is 0 Å². The molecule has 20 heavy (non-hydrogen) atoms. The summed E-state index contributed by atoms with van der Waals surface area (Å²) in [6.45, 7) is 6.25. The molecule has 112 valence electrons. The van der Waals surface area contributed by atoms with E-state index in [1.54, 1.807) is 0 Å². The number of hydrogen-bond acceptors (Lipinski definition) is 3. The SMILES string of the molecule is CC1CCCCC1C1C(C)(C(=O)O)C(C)CC23OC12O3. The van der Waals surface area contributed by atoms with E-state index < -0.39 is 23.0 Å². The molecular formula is C16H24O4. The summed E-state index contributed by atoms with van der Waals surface area (Å²) < 4.78 is 11.8. The van der Waals surface area contributed by atoms with E-state index in [-0.39, 0.29) is 11.8 Å². The zero-order valence-electron chi connectivity index (χ0n) is 12.5. The molecule has 4 aliphatic rings. The van der Waals surface area contributed by atoms with Crippen molar-refractivity contribution in [3.05, 3.63) is 0 Å². The van der Waals surface area contributed by atoms with Gasteiger partial charge >= 0.3 is 5.97 Å². The number of carbonyl (C=O) groups is 1. The number of rotatable bonds is 2. The Hall–Kier alpha value is -0.610. The fourth-order valence-corrected chi connectivity index (χ4v) is 5.26. The lowest BCUT2D eigenvalue weighted by Crippen LogP contribution is -2.52. The average molecular weight is 280 g/mol. The summed E-state index contributed by atoms with van der Waals surface area (Å²) in [5.74, 6) is -0.535. The zero-order valence-corrected chi connectivity index (χ0v) is 12.5. The third kappa shape index (κ3) is 1.28. The highest BCUT2D eigenvalue weighted by atomic mass is 17.0. The lowest BCUT2D eigenvalue weighted by molar-refractivity contribution is -0.172. The second-order valence-electron chi connectivity index (χ2n) is 7.72. The van der Waals surface area contributed by atoms with Gasteiger partial charge in [0.2, 0.25) is 11.6 Å². The van der Waals surface area contributed by atoms with E-state index >= 15 is 0 Å². The number of carboxylic acids is 1. The molecular weight excluding hydrogens is 256 g/mol. The lowest BCUT2D eigenvalue weighted by atomic mass is 9.54. The summed E-state index contributed by atoms with van der Waals surface area (Å²) in [6, 6.07) is 0. The monoisotopic (exact) mass is 280 g/mol. The molecule has 0 aromatic carbocycles. The van der Waals surface area contributed by atoms with E-state index in [0.717, 1.165) is 12.8 Å². The number of ether oxygens (including phenoxy) is 2. The minimum Gasteiger partial charge on any atom is -0.481 e. The quantitative estimate of drug-likeness (QED) is 0.790. The first-order valence-corrected chi connectivity index (χ1v) is 8.01. The van der Waals surface area contributed by atoms with E-state index in [4.69, 9.17) is 9.47 Å². The van der Waals surface area contributed by atoms with Crippen molar-refractivity contribution in [1.29, 1.82) is 0 Å². The smallest absolute Gasteiger partial charge is 0.310 e.